The lowest BCUT2D eigenvalue weighted by Gasteiger charge is -2.31. The number of nitrogens with zero attached hydrogens (tertiary/aromatic N) is 2. The Morgan fingerprint density at radius 1 is 1.19 bits per heavy atom. The first-order valence-electron chi connectivity index (χ1n) is 8.55. The third-order valence-corrected chi connectivity index (χ3v) is 4.95. The number of nitrogens with one attached hydrogen (secondary N) is 2. The molecular formula is C19H19BrN4O2. The number of morpholine rings is 1. The highest BCUT2D eigenvalue weighted by Gasteiger charge is 2.15. The Hall–Kier alpha value is -2.38. The van der Waals surface area contributed by atoms with Gasteiger partial charge in [0.15, 0.2) is 0 Å². The topological polar surface area (TPSA) is 70.2 Å². The Morgan fingerprint density at radius 3 is 2.85 bits per heavy atom. The van der Waals surface area contributed by atoms with Crippen LogP contribution in [0.2, 0.25) is 0 Å². The van der Waals surface area contributed by atoms with Crippen molar-refractivity contribution in [2.75, 3.05) is 36.5 Å². The van der Waals surface area contributed by atoms with Crippen LogP contribution in [-0.2, 0) is 11.3 Å². The van der Waals surface area contributed by atoms with E-state index < -0.39 is 0 Å². The van der Waals surface area contributed by atoms with Crippen molar-refractivity contribution in [3.63, 3.8) is 0 Å². The molecule has 2 aromatic carbocycles. The lowest BCUT2D eigenvalue weighted by Crippen LogP contribution is -2.37. The minimum Gasteiger partial charge on any atom is -0.378 e. The van der Waals surface area contributed by atoms with Crippen molar-refractivity contribution in [3.05, 3.63) is 62.9 Å². The Labute approximate surface area is 159 Å². The number of ether oxygens (including phenoxy) is 1. The number of H-pyrrole nitrogens is 1. The van der Waals surface area contributed by atoms with Crippen LogP contribution in [0.25, 0.3) is 10.9 Å². The molecule has 0 spiro atoms. The smallest absolute Gasteiger partial charge is 0.260 e. The first-order valence-corrected chi connectivity index (χ1v) is 9.34. The molecule has 0 amide bonds. The number of para-hydroxylation sites is 1. The molecule has 1 aromatic heterocycles. The largest absolute Gasteiger partial charge is 0.378 e. The van der Waals surface area contributed by atoms with Crippen molar-refractivity contribution in [2.45, 2.75) is 6.54 Å². The Morgan fingerprint density at radius 2 is 2.00 bits per heavy atom. The zero-order valence-corrected chi connectivity index (χ0v) is 15.8. The molecule has 7 heteroatoms. The summed E-state index contributed by atoms with van der Waals surface area (Å²) in [6, 6.07) is 13.6. The summed E-state index contributed by atoms with van der Waals surface area (Å²) in [5, 5.41) is 3.85. The van der Waals surface area contributed by atoms with E-state index in [0.29, 0.717) is 23.4 Å². The van der Waals surface area contributed by atoms with Crippen LogP contribution in [-0.4, -0.2) is 36.3 Å². The zero-order chi connectivity index (χ0) is 17.9. The summed E-state index contributed by atoms with van der Waals surface area (Å²) < 4.78 is 6.50. The SMILES string of the molecule is O=c1[nH]c(NCc2ccc(Br)cc2N2CCOCC2)nc2ccccc12. The summed E-state index contributed by atoms with van der Waals surface area (Å²) in [4.78, 5) is 21.8. The molecule has 4 rings (SSSR count). The van der Waals surface area contributed by atoms with E-state index in [0.717, 1.165) is 36.3 Å². The van der Waals surface area contributed by atoms with Gasteiger partial charge in [0.2, 0.25) is 5.95 Å². The fourth-order valence-electron chi connectivity index (χ4n) is 3.13. The van der Waals surface area contributed by atoms with E-state index in [1.54, 1.807) is 6.07 Å². The average Bonchev–Trinajstić information content (AvgIpc) is 2.68. The molecule has 0 atom stereocenters. The molecule has 0 saturated carbocycles. The molecule has 2 N–H and O–H groups in total. The first kappa shape index (κ1) is 17.1. The molecule has 0 aliphatic carbocycles. The van der Waals surface area contributed by atoms with Crippen molar-refractivity contribution >= 4 is 38.5 Å². The van der Waals surface area contributed by atoms with Crippen LogP contribution in [0.1, 0.15) is 5.56 Å². The highest BCUT2D eigenvalue weighted by Crippen LogP contribution is 2.26. The number of aromatic nitrogens is 2. The molecule has 134 valence electrons. The van der Waals surface area contributed by atoms with E-state index in [1.165, 1.54) is 5.69 Å². The monoisotopic (exact) mass is 414 g/mol. The van der Waals surface area contributed by atoms with Gasteiger partial charge in [-0.2, -0.15) is 0 Å². The predicted octanol–water partition coefficient (Wildman–Crippen LogP) is 3.13. The van der Waals surface area contributed by atoms with Crippen LogP contribution in [0.4, 0.5) is 11.6 Å². The number of halogens is 1. The zero-order valence-electron chi connectivity index (χ0n) is 14.2. The summed E-state index contributed by atoms with van der Waals surface area (Å²) in [6.45, 7) is 3.78. The predicted molar refractivity (Wildman–Crippen MR) is 107 cm³/mol. The maximum absolute atomic E-state index is 12.2. The van der Waals surface area contributed by atoms with E-state index in [-0.39, 0.29) is 5.56 Å². The molecule has 6 nitrogen and oxygen atoms in total. The molecule has 0 bridgehead atoms. The Kier molecular flexibility index (Phi) is 4.90. The first-order chi connectivity index (χ1) is 12.7. The van der Waals surface area contributed by atoms with Gasteiger partial charge in [-0.25, -0.2) is 4.98 Å². The van der Waals surface area contributed by atoms with Crippen LogP contribution in [0.15, 0.2) is 51.7 Å². The quantitative estimate of drug-likeness (QED) is 0.685. The highest BCUT2D eigenvalue weighted by molar-refractivity contribution is 9.10. The van der Waals surface area contributed by atoms with Crippen molar-refractivity contribution in [1.82, 2.24) is 9.97 Å². The molecule has 0 unspecified atom stereocenters. The third kappa shape index (κ3) is 3.59. The van der Waals surface area contributed by atoms with Gasteiger partial charge < -0.3 is 15.0 Å². The van der Waals surface area contributed by atoms with Gasteiger partial charge in [-0.3, -0.25) is 9.78 Å². The lowest BCUT2D eigenvalue weighted by molar-refractivity contribution is 0.122. The summed E-state index contributed by atoms with van der Waals surface area (Å²) in [6.07, 6.45) is 0. The molecule has 1 aliphatic rings. The van der Waals surface area contributed by atoms with Gasteiger partial charge in [0.05, 0.1) is 24.1 Å². The van der Waals surface area contributed by atoms with Crippen molar-refractivity contribution in [3.8, 4) is 0 Å². The number of fused-ring (bicyclic) bond motifs is 1. The van der Waals surface area contributed by atoms with Gasteiger partial charge in [0.25, 0.3) is 5.56 Å². The second-order valence-electron chi connectivity index (χ2n) is 6.16. The number of aromatic amines is 1. The number of hydrogen-bond acceptors (Lipinski definition) is 5. The van der Waals surface area contributed by atoms with E-state index in [2.05, 4.69) is 48.2 Å². The molecule has 0 radical (unpaired) electrons. The van der Waals surface area contributed by atoms with Gasteiger partial charge >= 0.3 is 0 Å². The molecule has 3 aromatic rings. The molecular weight excluding hydrogens is 396 g/mol. The van der Waals surface area contributed by atoms with Gasteiger partial charge in [-0.05, 0) is 29.8 Å². The van der Waals surface area contributed by atoms with Gasteiger partial charge in [0.1, 0.15) is 0 Å². The highest BCUT2D eigenvalue weighted by atomic mass is 79.9. The van der Waals surface area contributed by atoms with Gasteiger partial charge in [0, 0.05) is 29.8 Å². The van der Waals surface area contributed by atoms with Gasteiger partial charge in [-0.15, -0.1) is 0 Å². The second-order valence-corrected chi connectivity index (χ2v) is 7.07. The van der Waals surface area contributed by atoms with Crippen LogP contribution < -0.4 is 15.8 Å². The van der Waals surface area contributed by atoms with Crippen LogP contribution in [0, 0.1) is 0 Å². The van der Waals surface area contributed by atoms with Crippen molar-refractivity contribution < 1.29 is 4.74 Å². The summed E-state index contributed by atoms with van der Waals surface area (Å²) in [5.41, 5.74) is 2.86. The standard InChI is InChI=1S/C19H19BrN4O2/c20-14-6-5-13(17(11-14)24-7-9-26-10-8-24)12-21-19-22-16-4-2-1-3-15(16)18(25)23-19/h1-6,11H,7-10,12H2,(H2,21,22,23,25). The summed E-state index contributed by atoms with van der Waals surface area (Å²) >= 11 is 3.56. The van der Waals surface area contributed by atoms with Crippen molar-refractivity contribution in [1.29, 1.82) is 0 Å². The fraction of sp³-hybridized carbons (Fsp3) is 0.263. The Balaban J connectivity index is 1.59. The van der Waals surface area contributed by atoms with E-state index >= 15 is 0 Å². The van der Waals surface area contributed by atoms with E-state index in [9.17, 15) is 4.79 Å². The second kappa shape index (κ2) is 7.47. The number of hydrogen-bond donors (Lipinski definition) is 2. The third-order valence-electron chi connectivity index (χ3n) is 4.46. The van der Waals surface area contributed by atoms with Crippen LogP contribution in [0.5, 0.6) is 0 Å². The molecule has 1 saturated heterocycles. The average molecular weight is 415 g/mol. The number of rotatable bonds is 4. The van der Waals surface area contributed by atoms with E-state index in [1.807, 2.05) is 24.3 Å². The number of benzene rings is 2. The maximum Gasteiger partial charge on any atom is 0.260 e. The normalized spacial score (nSPS) is 14.6. The summed E-state index contributed by atoms with van der Waals surface area (Å²) in [5.74, 6) is 0.476. The molecule has 1 aliphatic heterocycles. The Bertz CT molecular complexity index is 983. The summed E-state index contributed by atoms with van der Waals surface area (Å²) in [7, 11) is 0. The fourth-order valence-corrected chi connectivity index (χ4v) is 3.48. The lowest BCUT2D eigenvalue weighted by atomic mass is 10.1. The van der Waals surface area contributed by atoms with E-state index in [4.69, 9.17) is 4.74 Å². The van der Waals surface area contributed by atoms with Crippen molar-refractivity contribution in [2.24, 2.45) is 0 Å². The number of anilines is 2. The van der Waals surface area contributed by atoms with Crippen LogP contribution >= 0.6 is 15.9 Å². The maximum atomic E-state index is 12.2. The molecule has 1 fully saturated rings. The van der Waals surface area contributed by atoms with Crippen LogP contribution in [0.3, 0.4) is 0 Å². The minimum absolute atomic E-state index is 0.137. The minimum atomic E-state index is -0.137. The molecule has 2 heterocycles. The van der Waals surface area contributed by atoms with Gasteiger partial charge in [-0.1, -0.05) is 34.1 Å². The molecule has 26 heavy (non-hydrogen) atoms.